The van der Waals surface area contributed by atoms with Crippen LogP contribution in [0.3, 0.4) is 0 Å². The van der Waals surface area contributed by atoms with Gasteiger partial charge in [-0.2, -0.15) is 5.26 Å². The highest BCUT2D eigenvalue weighted by atomic mass is 79.9. The molecule has 3 nitrogen and oxygen atoms in total. The van der Waals surface area contributed by atoms with E-state index in [-0.39, 0.29) is 5.78 Å². The highest BCUT2D eigenvalue weighted by Gasteiger charge is 2.20. The number of carbonyl (C=O) groups is 1. The van der Waals surface area contributed by atoms with E-state index >= 15 is 0 Å². The van der Waals surface area contributed by atoms with E-state index in [0.717, 1.165) is 23.1 Å². The fraction of sp³-hybridized carbons (Fsp3) is 0.333. The average Bonchev–Trinajstić information content (AvgIpc) is 2.28. The van der Waals surface area contributed by atoms with E-state index in [1.807, 2.05) is 23.1 Å². The number of hydrogen-bond donors (Lipinski definition) is 0. The number of anilines is 1. The number of Topliss-reactive ketones (excluding diaryl/α,β-unsaturated/α-hetero) is 1. The third-order valence-corrected chi connectivity index (χ3v) is 3.36. The number of nitriles is 1. The molecule has 82 valence electrons. The molecule has 1 aromatic rings. The van der Waals surface area contributed by atoms with Crippen molar-refractivity contribution in [2.45, 2.75) is 12.8 Å². The van der Waals surface area contributed by atoms with Crippen molar-refractivity contribution in [2.24, 2.45) is 0 Å². The summed E-state index contributed by atoms with van der Waals surface area (Å²) in [5.74, 6) is 0.245. The minimum absolute atomic E-state index is 0.245. The highest BCUT2D eigenvalue weighted by Crippen LogP contribution is 2.28. The normalized spacial score (nSPS) is 16.0. The molecule has 1 fully saturated rings. The first-order chi connectivity index (χ1) is 7.72. The third kappa shape index (κ3) is 2.10. The molecule has 0 atom stereocenters. The Kier molecular flexibility index (Phi) is 3.25. The monoisotopic (exact) mass is 278 g/mol. The van der Waals surface area contributed by atoms with Crippen molar-refractivity contribution in [1.82, 2.24) is 0 Å². The Labute approximate surface area is 103 Å². The maximum absolute atomic E-state index is 11.4. The molecule has 0 aromatic heterocycles. The van der Waals surface area contributed by atoms with E-state index in [1.165, 1.54) is 0 Å². The van der Waals surface area contributed by atoms with Gasteiger partial charge in [-0.05, 0) is 34.5 Å². The number of carbonyl (C=O) groups excluding carboxylic acids is 1. The zero-order valence-electron chi connectivity index (χ0n) is 8.74. The standard InChI is InChI=1S/C12H11BrN2O/c13-11-4-1-5-12(10(11)7-14)15-6-2-3-9(16)8-15/h1,4-5H,2-3,6,8H2. The van der Waals surface area contributed by atoms with E-state index in [1.54, 1.807) is 0 Å². The first kappa shape index (κ1) is 11.2. The molecule has 1 aliphatic heterocycles. The Bertz CT molecular complexity index is 465. The zero-order valence-corrected chi connectivity index (χ0v) is 10.3. The molecule has 0 N–H and O–H groups in total. The van der Waals surface area contributed by atoms with Gasteiger partial charge in [0.2, 0.25) is 0 Å². The summed E-state index contributed by atoms with van der Waals surface area (Å²) in [7, 11) is 0. The van der Waals surface area contributed by atoms with Crippen LogP contribution in [-0.2, 0) is 4.79 Å². The molecule has 4 heteroatoms. The molecule has 0 unspecified atom stereocenters. The van der Waals surface area contributed by atoms with E-state index in [4.69, 9.17) is 5.26 Å². The van der Waals surface area contributed by atoms with Crippen LogP contribution in [0.5, 0.6) is 0 Å². The molecule has 0 spiro atoms. The third-order valence-electron chi connectivity index (χ3n) is 2.69. The van der Waals surface area contributed by atoms with Crippen molar-refractivity contribution >= 4 is 27.4 Å². The van der Waals surface area contributed by atoms with Crippen LogP contribution in [0.1, 0.15) is 18.4 Å². The molecule has 0 bridgehead atoms. The lowest BCUT2D eigenvalue weighted by molar-refractivity contribution is -0.118. The lowest BCUT2D eigenvalue weighted by Crippen LogP contribution is -2.36. The molecule has 2 rings (SSSR count). The summed E-state index contributed by atoms with van der Waals surface area (Å²) < 4.78 is 0.783. The number of benzene rings is 1. The summed E-state index contributed by atoms with van der Waals surface area (Å²) in [4.78, 5) is 13.4. The molecule has 1 heterocycles. The van der Waals surface area contributed by atoms with Gasteiger partial charge in [-0.25, -0.2) is 0 Å². The first-order valence-electron chi connectivity index (χ1n) is 5.17. The minimum Gasteiger partial charge on any atom is -0.363 e. The van der Waals surface area contributed by atoms with Crippen LogP contribution >= 0.6 is 15.9 Å². The van der Waals surface area contributed by atoms with Crippen molar-refractivity contribution in [3.05, 3.63) is 28.2 Å². The van der Waals surface area contributed by atoms with E-state index in [9.17, 15) is 4.79 Å². The molecule has 0 amide bonds. The fourth-order valence-corrected chi connectivity index (χ4v) is 2.38. The van der Waals surface area contributed by atoms with Gasteiger partial charge in [-0.1, -0.05) is 6.07 Å². The Morgan fingerprint density at radius 2 is 2.25 bits per heavy atom. The van der Waals surface area contributed by atoms with Crippen LogP contribution in [0.25, 0.3) is 0 Å². The van der Waals surface area contributed by atoms with Crippen LogP contribution in [0.15, 0.2) is 22.7 Å². The summed E-state index contributed by atoms with van der Waals surface area (Å²) in [5.41, 5.74) is 1.46. The largest absolute Gasteiger partial charge is 0.363 e. The predicted molar refractivity (Wildman–Crippen MR) is 65.3 cm³/mol. The summed E-state index contributed by atoms with van der Waals surface area (Å²) >= 11 is 3.35. The Balaban J connectivity index is 2.36. The van der Waals surface area contributed by atoms with Crippen molar-refractivity contribution in [2.75, 3.05) is 18.0 Å². The number of ketones is 1. The van der Waals surface area contributed by atoms with E-state index in [2.05, 4.69) is 22.0 Å². The SMILES string of the molecule is N#Cc1c(Br)cccc1N1CCCC(=O)C1. The van der Waals surface area contributed by atoms with Crippen molar-refractivity contribution in [3.8, 4) is 6.07 Å². The quantitative estimate of drug-likeness (QED) is 0.793. The van der Waals surface area contributed by atoms with Crippen LogP contribution in [-0.4, -0.2) is 18.9 Å². The molecule has 0 radical (unpaired) electrons. The van der Waals surface area contributed by atoms with Gasteiger partial charge in [0.05, 0.1) is 17.8 Å². The molecular weight excluding hydrogens is 268 g/mol. The lowest BCUT2D eigenvalue weighted by Gasteiger charge is -2.28. The summed E-state index contributed by atoms with van der Waals surface area (Å²) in [6.45, 7) is 1.27. The summed E-state index contributed by atoms with van der Waals surface area (Å²) in [5, 5.41) is 9.10. The second kappa shape index (κ2) is 4.67. The van der Waals surface area contributed by atoms with Gasteiger partial charge in [-0.3, -0.25) is 4.79 Å². The predicted octanol–water partition coefficient (Wildman–Crippen LogP) is 2.49. The molecule has 1 aromatic carbocycles. The summed E-state index contributed by atoms with van der Waals surface area (Å²) in [6.07, 6.45) is 1.53. The number of halogens is 1. The van der Waals surface area contributed by atoms with Crippen molar-refractivity contribution in [1.29, 1.82) is 5.26 Å². The van der Waals surface area contributed by atoms with Gasteiger partial charge < -0.3 is 4.90 Å². The molecular formula is C12H11BrN2O. The maximum atomic E-state index is 11.4. The second-order valence-corrected chi connectivity index (χ2v) is 4.66. The van der Waals surface area contributed by atoms with Gasteiger partial charge in [-0.15, -0.1) is 0 Å². The molecule has 1 saturated heterocycles. The Morgan fingerprint density at radius 3 is 2.94 bits per heavy atom. The van der Waals surface area contributed by atoms with Crippen LogP contribution < -0.4 is 4.90 Å². The topological polar surface area (TPSA) is 44.1 Å². The zero-order chi connectivity index (χ0) is 11.5. The van der Waals surface area contributed by atoms with Crippen molar-refractivity contribution < 1.29 is 4.79 Å². The van der Waals surface area contributed by atoms with Crippen LogP contribution in [0.4, 0.5) is 5.69 Å². The Hall–Kier alpha value is -1.34. The second-order valence-electron chi connectivity index (χ2n) is 3.81. The number of nitrogens with zero attached hydrogens (tertiary/aromatic N) is 2. The number of hydrogen-bond acceptors (Lipinski definition) is 3. The smallest absolute Gasteiger partial charge is 0.152 e. The Morgan fingerprint density at radius 1 is 1.44 bits per heavy atom. The molecule has 1 aliphatic rings. The average molecular weight is 279 g/mol. The van der Waals surface area contributed by atoms with E-state index < -0.39 is 0 Å². The summed E-state index contributed by atoms with van der Waals surface area (Å²) in [6, 6.07) is 7.80. The minimum atomic E-state index is 0.245. The number of piperidine rings is 1. The van der Waals surface area contributed by atoms with Gasteiger partial charge in [0, 0.05) is 17.4 Å². The van der Waals surface area contributed by atoms with Gasteiger partial charge in [0.1, 0.15) is 6.07 Å². The van der Waals surface area contributed by atoms with Gasteiger partial charge in [0.15, 0.2) is 5.78 Å². The highest BCUT2D eigenvalue weighted by molar-refractivity contribution is 9.10. The molecule has 0 aliphatic carbocycles. The molecule has 16 heavy (non-hydrogen) atoms. The van der Waals surface area contributed by atoms with Crippen LogP contribution in [0.2, 0.25) is 0 Å². The maximum Gasteiger partial charge on any atom is 0.152 e. The van der Waals surface area contributed by atoms with Crippen molar-refractivity contribution in [3.63, 3.8) is 0 Å². The molecule has 0 saturated carbocycles. The van der Waals surface area contributed by atoms with E-state index in [0.29, 0.717) is 18.5 Å². The van der Waals surface area contributed by atoms with Crippen LogP contribution in [0, 0.1) is 11.3 Å². The number of rotatable bonds is 1. The van der Waals surface area contributed by atoms with Gasteiger partial charge in [0.25, 0.3) is 0 Å². The first-order valence-corrected chi connectivity index (χ1v) is 5.97. The van der Waals surface area contributed by atoms with Gasteiger partial charge >= 0.3 is 0 Å². The fourth-order valence-electron chi connectivity index (χ4n) is 1.93. The lowest BCUT2D eigenvalue weighted by atomic mass is 10.1.